The molecule has 0 radical (unpaired) electrons. The van der Waals surface area contributed by atoms with Crippen molar-refractivity contribution in [2.45, 2.75) is 11.3 Å². The molecule has 0 aliphatic carbocycles. The van der Waals surface area contributed by atoms with Gasteiger partial charge in [-0.2, -0.15) is 4.39 Å². The minimum atomic E-state index is -4.41. The molecule has 2 N–H and O–H groups in total. The van der Waals surface area contributed by atoms with Gasteiger partial charge in [0.25, 0.3) is 6.43 Å². The van der Waals surface area contributed by atoms with Crippen LogP contribution in [-0.2, 0) is 10.0 Å². The van der Waals surface area contributed by atoms with Gasteiger partial charge in [0, 0.05) is 0 Å². The second-order valence-corrected chi connectivity index (χ2v) is 4.43. The van der Waals surface area contributed by atoms with Gasteiger partial charge in [0.1, 0.15) is 10.6 Å². The molecule has 0 saturated heterocycles. The summed E-state index contributed by atoms with van der Waals surface area (Å²) < 4.78 is 58.9. The molecule has 84 valence electrons. The molecule has 0 atom stereocenters. The van der Waals surface area contributed by atoms with Crippen molar-refractivity contribution in [3.63, 3.8) is 0 Å². The van der Waals surface area contributed by atoms with E-state index in [2.05, 4.69) is 10.1 Å². The average molecular weight is 261 g/mol. The molecule has 0 saturated carbocycles. The van der Waals surface area contributed by atoms with Crippen LogP contribution in [0.5, 0.6) is 0 Å². The molecule has 1 aromatic heterocycles. The van der Waals surface area contributed by atoms with Crippen LogP contribution in [0.3, 0.4) is 0 Å². The number of halogens is 4. The van der Waals surface area contributed by atoms with Gasteiger partial charge in [-0.25, -0.2) is 27.3 Å². The van der Waals surface area contributed by atoms with E-state index in [1.807, 2.05) is 0 Å². The van der Waals surface area contributed by atoms with Gasteiger partial charge >= 0.3 is 0 Å². The molecule has 4 nitrogen and oxygen atoms in total. The SMILES string of the molecule is NS(=O)(=O)c1cc(Cl)c(F)nc1C(F)F. The first-order valence-electron chi connectivity index (χ1n) is 3.40. The first kappa shape index (κ1) is 12.2. The molecule has 9 heteroatoms. The number of hydrogen-bond donors (Lipinski definition) is 1. The van der Waals surface area contributed by atoms with Crippen LogP contribution in [0.2, 0.25) is 5.02 Å². The molecule has 0 aliphatic heterocycles. The summed E-state index contributed by atoms with van der Waals surface area (Å²) in [7, 11) is -4.41. The van der Waals surface area contributed by atoms with Crippen LogP contribution in [-0.4, -0.2) is 13.4 Å². The lowest BCUT2D eigenvalue weighted by Crippen LogP contribution is -2.16. The van der Waals surface area contributed by atoms with Crippen molar-refractivity contribution in [3.8, 4) is 0 Å². The van der Waals surface area contributed by atoms with Crippen molar-refractivity contribution >= 4 is 21.6 Å². The van der Waals surface area contributed by atoms with Crippen LogP contribution in [0.4, 0.5) is 13.2 Å². The van der Waals surface area contributed by atoms with Crippen molar-refractivity contribution in [3.05, 3.63) is 22.7 Å². The Bertz CT molecular complexity index is 491. The fourth-order valence-corrected chi connectivity index (χ4v) is 1.77. The standard InChI is InChI=1S/C6H4ClF3N2O2S/c7-2-1-3(15(11,13)14)4(5(8)9)12-6(2)10/h1,5H,(H2,11,13,14). The van der Waals surface area contributed by atoms with Crippen molar-refractivity contribution in [2.24, 2.45) is 5.14 Å². The van der Waals surface area contributed by atoms with Gasteiger partial charge in [-0.3, -0.25) is 0 Å². The highest BCUT2D eigenvalue weighted by Crippen LogP contribution is 2.27. The third-order valence-corrected chi connectivity index (χ3v) is 2.64. The van der Waals surface area contributed by atoms with Crippen LogP contribution in [0, 0.1) is 5.95 Å². The summed E-state index contributed by atoms with van der Waals surface area (Å²) in [5, 5.41) is 3.94. The van der Waals surface area contributed by atoms with E-state index < -0.39 is 38.0 Å². The van der Waals surface area contributed by atoms with E-state index in [9.17, 15) is 21.6 Å². The first-order valence-corrected chi connectivity index (χ1v) is 5.33. The summed E-state index contributed by atoms with van der Waals surface area (Å²) in [6.45, 7) is 0. The Balaban J connectivity index is 3.56. The van der Waals surface area contributed by atoms with Gasteiger partial charge in [-0.1, -0.05) is 11.6 Å². The maximum atomic E-state index is 12.7. The molecular formula is C6H4ClF3N2O2S. The number of nitrogens with zero attached hydrogens (tertiary/aromatic N) is 1. The van der Waals surface area contributed by atoms with Crippen molar-refractivity contribution in [2.75, 3.05) is 0 Å². The minimum Gasteiger partial charge on any atom is -0.225 e. The Hall–Kier alpha value is -0.860. The minimum absolute atomic E-state index is 0.501. The smallest absolute Gasteiger partial charge is 0.225 e. The van der Waals surface area contributed by atoms with Gasteiger partial charge in [0.15, 0.2) is 0 Å². The molecule has 1 rings (SSSR count). The zero-order valence-electron chi connectivity index (χ0n) is 6.92. The zero-order chi connectivity index (χ0) is 11.8. The van der Waals surface area contributed by atoms with Crippen LogP contribution in [0.15, 0.2) is 11.0 Å². The lowest BCUT2D eigenvalue weighted by Gasteiger charge is -2.06. The number of alkyl halides is 2. The topological polar surface area (TPSA) is 73.1 Å². The van der Waals surface area contributed by atoms with Crippen LogP contribution in [0.1, 0.15) is 12.1 Å². The number of sulfonamides is 1. The highest BCUT2D eigenvalue weighted by atomic mass is 35.5. The average Bonchev–Trinajstić information content (AvgIpc) is 2.06. The van der Waals surface area contributed by atoms with Crippen LogP contribution >= 0.6 is 11.6 Å². The normalized spacial score (nSPS) is 12.1. The number of rotatable bonds is 2. The molecule has 0 aliphatic rings. The molecule has 0 fully saturated rings. The van der Waals surface area contributed by atoms with E-state index in [-0.39, 0.29) is 0 Å². The predicted molar refractivity (Wildman–Crippen MR) is 45.5 cm³/mol. The van der Waals surface area contributed by atoms with E-state index in [0.717, 1.165) is 0 Å². The Morgan fingerprint density at radius 1 is 1.47 bits per heavy atom. The number of hydrogen-bond acceptors (Lipinski definition) is 3. The molecule has 0 spiro atoms. The molecule has 1 heterocycles. The predicted octanol–water partition coefficient (Wildman–Crippen LogP) is 1.46. The Morgan fingerprint density at radius 3 is 2.40 bits per heavy atom. The maximum Gasteiger partial charge on any atom is 0.281 e. The Labute approximate surface area is 87.9 Å². The number of nitrogens with two attached hydrogens (primary N) is 1. The summed E-state index contributed by atoms with van der Waals surface area (Å²) in [5.41, 5.74) is -1.25. The summed E-state index contributed by atoms with van der Waals surface area (Å²) in [6.07, 6.45) is -3.26. The molecule has 1 aromatic rings. The van der Waals surface area contributed by atoms with Crippen molar-refractivity contribution in [1.82, 2.24) is 4.98 Å². The monoisotopic (exact) mass is 260 g/mol. The van der Waals surface area contributed by atoms with Gasteiger partial charge in [0.2, 0.25) is 16.0 Å². The number of aromatic nitrogens is 1. The largest absolute Gasteiger partial charge is 0.281 e. The van der Waals surface area contributed by atoms with Crippen molar-refractivity contribution in [1.29, 1.82) is 0 Å². The fraction of sp³-hybridized carbons (Fsp3) is 0.167. The Morgan fingerprint density at radius 2 is 2.00 bits per heavy atom. The summed E-state index contributed by atoms with van der Waals surface area (Å²) >= 11 is 5.19. The molecule has 0 aromatic carbocycles. The second-order valence-electron chi connectivity index (χ2n) is 2.49. The lowest BCUT2D eigenvalue weighted by molar-refractivity contribution is 0.141. The van der Waals surface area contributed by atoms with Gasteiger partial charge in [-0.05, 0) is 6.07 Å². The van der Waals surface area contributed by atoms with Gasteiger partial charge in [0.05, 0.1) is 5.02 Å². The van der Waals surface area contributed by atoms with Crippen LogP contribution in [0.25, 0.3) is 0 Å². The van der Waals surface area contributed by atoms with E-state index >= 15 is 0 Å². The van der Waals surface area contributed by atoms with Crippen LogP contribution < -0.4 is 5.14 Å². The summed E-state index contributed by atoms with van der Waals surface area (Å²) in [4.78, 5) is 1.75. The molecule has 0 unspecified atom stereocenters. The highest BCUT2D eigenvalue weighted by Gasteiger charge is 2.24. The first-order chi connectivity index (χ1) is 6.73. The van der Waals surface area contributed by atoms with Gasteiger partial charge < -0.3 is 0 Å². The molecule has 0 amide bonds. The van der Waals surface area contributed by atoms with E-state index in [4.69, 9.17) is 11.6 Å². The fourth-order valence-electron chi connectivity index (χ4n) is 0.847. The second kappa shape index (κ2) is 3.95. The van der Waals surface area contributed by atoms with E-state index in [1.54, 1.807) is 0 Å². The maximum absolute atomic E-state index is 12.7. The Kier molecular flexibility index (Phi) is 3.22. The zero-order valence-corrected chi connectivity index (χ0v) is 8.49. The van der Waals surface area contributed by atoms with Crippen molar-refractivity contribution < 1.29 is 21.6 Å². The molecule has 0 bridgehead atoms. The third-order valence-electron chi connectivity index (χ3n) is 1.44. The quantitative estimate of drug-likeness (QED) is 0.818. The molecular weight excluding hydrogens is 257 g/mol. The summed E-state index contributed by atoms with van der Waals surface area (Å²) in [5.74, 6) is -1.38. The number of primary sulfonamides is 1. The summed E-state index contributed by atoms with van der Waals surface area (Å²) in [6, 6.07) is 0.501. The number of pyridine rings is 1. The third kappa shape index (κ3) is 2.58. The van der Waals surface area contributed by atoms with E-state index in [1.165, 1.54) is 0 Å². The lowest BCUT2D eigenvalue weighted by atomic mass is 10.3. The molecule has 15 heavy (non-hydrogen) atoms. The van der Waals surface area contributed by atoms with Gasteiger partial charge in [-0.15, -0.1) is 0 Å². The van der Waals surface area contributed by atoms with E-state index in [0.29, 0.717) is 6.07 Å². The highest BCUT2D eigenvalue weighted by molar-refractivity contribution is 7.89.